The molecule has 0 spiro atoms. The fourth-order valence-electron chi connectivity index (χ4n) is 7.94. The van der Waals surface area contributed by atoms with Crippen molar-refractivity contribution in [2.45, 2.75) is 0 Å². The number of hydrogen-bond donors (Lipinski definition) is 0. The van der Waals surface area contributed by atoms with Crippen molar-refractivity contribution in [1.82, 2.24) is 19.9 Å². The third-order valence-electron chi connectivity index (χ3n) is 10.6. The maximum Gasteiger partial charge on any atom is 0.0900 e. The molecule has 5 heteroatoms. The van der Waals surface area contributed by atoms with Crippen LogP contribution in [0.15, 0.2) is 182 Å². The molecule has 5 heterocycles. The SMILES string of the molecule is c1ccc(-c2cc(-c3ccc(-c4ccc5c(c4)nc(-c4cc6ccccc6c6ccccc46)c4sc6ccccc6c45)cc3)cc(-c3ccccn3)n2)nc1. The molecule has 0 N–H and O–H groups in total. The second-order valence-electron chi connectivity index (χ2n) is 13.8. The molecule has 0 atom stereocenters. The molecule has 11 aromatic rings. The van der Waals surface area contributed by atoms with Gasteiger partial charge in [0.1, 0.15) is 0 Å². The van der Waals surface area contributed by atoms with Crippen LogP contribution >= 0.6 is 11.3 Å². The molecule has 0 saturated carbocycles. The Bertz CT molecular complexity index is 3190. The third kappa shape index (κ3) is 5.36. The number of benzene rings is 6. The molecule has 55 heavy (non-hydrogen) atoms. The summed E-state index contributed by atoms with van der Waals surface area (Å²) < 4.78 is 2.49. The van der Waals surface area contributed by atoms with Crippen LogP contribution in [0.2, 0.25) is 0 Å². The van der Waals surface area contributed by atoms with E-state index in [-0.39, 0.29) is 0 Å². The predicted molar refractivity (Wildman–Crippen MR) is 230 cm³/mol. The van der Waals surface area contributed by atoms with Gasteiger partial charge in [-0.1, -0.05) is 115 Å². The second kappa shape index (κ2) is 12.8. The Morgan fingerprint density at radius 2 is 0.982 bits per heavy atom. The quantitative estimate of drug-likeness (QED) is 0.166. The molecule has 0 amide bonds. The van der Waals surface area contributed by atoms with Gasteiger partial charge in [-0.25, -0.2) is 9.97 Å². The summed E-state index contributed by atoms with van der Waals surface area (Å²) in [6.45, 7) is 0. The van der Waals surface area contributed by atoms with E-state index in [0.29, 0.717) is 0 Å². The van der Waals surface area contributed by atoms with Crippen LogP contribution in [0.4, 0.5) is 0 Å². The highest BCUT2D eigenvalue weighted by Gasteiger charge is 2.19. The zero-order chi connectivity index (χ0) is 36.3. The summed E-state index contributed by atoms with van der Waals surface area (Å²) in [7, 11) is 0. The summed E-state index contributed by atoms with van der Waals surface area (Å²) in [6, 6.07) is 60.0. The summed E-state index contributed by atoms with van der Waals surface area (Å²) in [4.78, 5) is 19.7. The molecular weight excluding hydrogens is 689 g/mol. The zero-order valence-electron chi connectivity index (χ0n) is 29.5. The van der Waals surface area contributed by atoms with E-state index in [1.165, 1.54) is 47.1 Å². The summed E-state index contributed by atoms with van der Waals surface area (Å²) in [6.07, 6.45) is 3.60. The Hall–Kier alpha value is -7.08. The van der Waals surface area contributed by atoms with Crippen LogP contribution in [0.3, 0.4) is 0 Å². The Balaban J connectivity index is 1.07. The molecule has 6 aromatic carbocycles. The van der Waals surface area contributed by atoms with Crippen molar-refractivity contribution >= 4 is 64.0 Å². The van der Waals surface area contributed by atoms with Crippen LogP contribution in [0.5, 0.6) is 0 Å². The number of fused-ring (bicyclic) bond motifs is 8. The lowest BCUT2D eigenvalue weighted by Crippen LogP contribution is -1.94. The van der Waals surface area contributed by atoms with Crippen LogP contribution in [0.25, 0.3) is 109 Å². The molecule has 0 bridgehead atoms. The minimum atomic E-state index is 0.811. The van der Waals surface area contributed by atoms with E-state index in [2.05, 4.69) is 143 Å². The smallest absolute Gasteiger partial charge is 0.0900 e. The van der Waals surface area contributed by atoms with Crippen LogP contribution in [0, 0.1) is 0 Å². The zero-order valence-corrected chi connectivity index (χ0v) is 30.3. The van der Waals surface area contributed by atoms with E-state index in [4.69, 9.17) is 9.97 Å². The first-order valence-electron chi connectivity index (χ1n) is 18.4. The standard InChI is InChI=1S/C50H30N4S/c1-2-12-36-34(11-1)27-41(38-14-4-3-13-37(36)38)49-50-48(40-15-5-6-18-47(40)55-50)39-24-23-33(28-44(39)54-49)31-19-21-32(22-20-31)35-29-45(42-16-7-9-25-51-42)53-46(30-35)43-17-8-10-26-52-43/h1-30H. The van der Waals surface area contributed by atoms with Crippen molar-refractivity contribution in [3.63, 3.8) is 0 Å². The molecule has 0 radical (unpaired) electrons. The highest BCUT2D eigenvalue weighted by molar-refractivity contribution is 7.26. The molecule has 0 unspecified atom stereocenters. The molecule has 0 saturated heterocycles. The van der Waals surface area contributed by atoms with E-state index < -0.39 is 0 Å². The van der Waals surface area contributed by atoms with Crippen molar-refractivity contribution in [3.05, 3.63) is 182 Å². The van der Waals surface area contributed by atoms with Gasteiger partial charge in [-0.3, -0.25) is 9.97 Å². The fourth-order valence-corrected chi connectivity index (χ4v) is 9.16. The molecule has 0 aliphatic carbocycles. The van der Waals surface area contributed by atoms with Crippen molar-refractivity contribution in [2.24, 2.45) is 0 Å². The molecule has 0 aliphatic heterocycles. The largest absolute Gasteiger partial charge is 0.255 e. The van der Waals surface area contributed by atoms with Gasteiger partial charge < -0.3 is 0 Å². The molecular formula is C50H30N4S. The van der Waals surface area contributed by atoms with E-state index >= 15 is 0 Å². The lowest BCUT2D eigenvalue weighted by Gasteiger charge is -2.13. The molecule has 256 valence electrons. The second-order valence-corrected chi connectivity index (χ2v) is 14.9. The number of aromatic nitrogens is 4. The number of nitrogens with zero attached hydrogens (tertiary/aromatic N) is 4. The number of hydrogen-bond acceptors (Lipinski definition) is 5. The highest BCUT2D eigenvalue weighted by atomic mass is 32.1. The molecule has 5 aromatic heterocycles. The normalized spacial score (nSPS) is 11.6. The van der Waals surface area contributed by atoms with Crippen LogP contribution < -0.4 is 0 Å². The van der Waals surface area contributed by atoms with Crippen LogP contribution in [-0.2, 0) is 0 Å². The first-order chi connectivity index (χ1) is 27.2. The average molecular weight is 719 g/mol. The van der Waals surface area contributed by atoms with Crippen molar-refractivity contribution in [1.29, 1.82) is 0 Å². The summed E-state index contributed by atoms with van der Waals surface area (Å²) in [5.74, 6) is 0. The van der Waals surface area contributed by atoms with Gasteiger partial charge in [-0.15, -0.1) is 11.3 Å². The van der Waals surface area contributed by atoms with Gasteiger partial charge in [0.25, 0.3) is 0 Å². The van der Waals surface area contributed by atoms with Gasteiger partial charge >= 0.3 is 0 Å². The Morgan fingerprint density at radius 3 is 1.69 bits per heavy atom. The van der Waals surface area contributed by atoms with Gasteiger partial charge in [0.15, 0.2) is 0 Å². The lowest BCUT2D eigenvalue weighted by atomic mass is 9.94. The first-order valence-corrected chi connectivity index (χ1v) is 19.2. The lowest BCUT2D eigenvalue weighted by molar-refractivity contribution is 1.22. The highest BCUT2D eigenvalue weighted by Crippen LogP contribution is 2.45. The van der Waals surface area contributed by atoms with Gasteiger partial charge in [-0.05, 0) is 98.4 Å². The third-order valence-corrected chi connectivity index (χ3v) is 11.7. The summed E-state index contributed by atoms with van der Waals surface area (Å²) in [5.41, 5.74) is 10.9. The molecule has 4 nitrogen and oxygen atoms in total. The van der Waals surface area contributed by atoms with Crippen molar-refractivity contribution < 1.29 is 0 Å². The van der Waals surface area contributed by atoms with E-state index in [0.717, 1.165) is 61.8 Å². The molecule has 0 fully saturated rings. The maximum atomic E-state index is 5.55. The molecule has 0 aliphatic rings. The number of pyridine rings is 4. The van der Waals surface area contributed by atoms with Gasteiger partial charge in [0.05, 0.1) is 38.7 Å². The summed E-state index contributed by atoms with van der Waals surface area (Å²) in [5, 5.41) is 8.64. The van der Waals surface area contributed by atoms with Gasteiger partial charge in [0.2, 0.25) is 0 Å². The van der Waals surface area contributed by atoms with Crippen LogP contribution in [0.1, 0.15) is 0 Å². The van der Waals surface area contributed by atoms with E-state index in [1.807, 2.05) is 47.7 Å². The van der Waals surface area contributed by atoms with Crippen LogP contribution in [-0.4, -0.2) is 19.9 Å². The topological polar surface area (TPSA) is 51.6 Å². The fraction of sp³-hybridized carbons (Fsp3) is 0. The van der Waals surface area contributed by atoms with E-state index in [1.54, 1.807) is 12.4 Å². The Kier molecular flexibility index (Phi) is 7.32. The minimum absolute atomic E-state index is 0.811. The average Bonchev–Trinajstić information content (AvgIpc) is 3.66. The first kappa shape index (κ1) is 31.4. The van der Waals surface area contributed by atoms with Crippen molar-refractivity contribution in [2.75, 3.05) is 0 Å². The monoisotopic (exact) mass is 718 g/mol. The van der Waals surface area contributed by atoms with Gasteiger partial charge in [-0.2, -0.15) is 0 Å². The van der Waals surface area contributed by atoms with E-state index in [9.17, 15) is 0 Å². The number of thiophene rings is 1. The predicted octanol–water partition coefficient (Wildman–Crippen LogP) is 13.4. The Morgan fingerprint density at radius 1 is 0.382 bits per heavy atom. The maximum absolute atomic E-state index is 5.55. The molecule has 11 rings (SSSR count). The van der Waals surface area contributed by atoms with Crippen molar-refractivity contribution in [3.8, 4) is 56.3 Å². The number of rotatable bonds is 5. The van der Waals surface area contributed by atoms with Gasteiger partial charge in [0, 0.05) is 38.8 Å². The Labute approximate surface area is 321 Å². The summed E-state index contributed by atoms with van der Waals surface area (Å²) >= 11 is 1.84. The minimum Gasteiger partial charge on any atom is -0.255 e.